The van der Waals surface area contributed by atoms with E-state index in [1.165, 1.54) is 30.0 Å². The fourth-order valence-electron chi connectivity index (χ4n) is 3.85. The molecule has 1 saturated heterocycles. The number of rotatable bonds is 7. The van der Waals surface area contributed by atoms with E-state index in [2.05, 4.69) is 27.2 Å². The number of non-ortho nitro benzene ring substituents is 1. The Hall–Kier alpha value is -3.65. The van der Waals surface area contributed by atoms with Gasteiger partial charge in [0, 0.05) is 56.1 Å². The number of hydrogen-bond acceptors (Lipinski definition) is 6. The Labute approximate surface area is 180 Å². The molecule has 3 aromatic rings. The molecule has 8 heteroatoms. The van der Waals surface area contributed by atoms with Gasteiger partial charge in [-0.25, -0.2) is 0 Å². The largest absolute Gasteiger partial charge is 0.468 e. The number of nitrogens with one attached hydrogen (secondary N) is 1. The third-order valence-electron chi connectivity index (χ3n) is 5.54. The zero-order chi connectivity index (χ0) is 21.6. The molecule has 0 bridgehead atoms. The monoisotopic (exact) mass is 420 g/mol. The summed E-state index contributed by atoms with van der Waals surface area (Å²) >= 11 is 0. The maximum Gasteiger partial charge on any atom is 0.269 e. The number of nitrogens with zero attached hydrogens (tertiary/aromatic N) is 3. The van der Waals surface area contributed by atoms with Crippen LogP contribution in [0.25, 0.3) is 0 Å². The second kappa shape index (κ2) is 9.44. The van der Waals surface area contributed by atoms with Gasteiger partial charge in [0.25, 0.3) is 11.6 Å². The molecule has 0 spiro atoms. The Morgan fingerprint density at radius 1 is 1.00 bits per heavy atom. The highest BCUT2D eigenvalue weighted by atomic mass is 16.6. The Morgan fingerprint density at radius 2 is 1.71 bits per heavy atom. The van der Waals surface area contributed by atoms with E-state index in [-0.39, 0.29) is 17.6 Å². The normalized spacial score (nSPS) is 15.4. The van der Waals surface area contributed by atoms with Crippen molar-refractivity contribution in [2.75, 3.05) is 37.6 Å². The van der Waals surface area contributed by atoms with E-state index in [9.17, 15) is 14.9 Å². The van der Waals surface area contributed by atoms with Crippen LogP contribution in [0.5, 0.6) is 0 Å². The first-order valence-corrected chi connectivity index (χ1v) is 10.2. The van der Waals surface area contributed by atoms with Crippen LogP contribution >= 0.6 is 0 Å². The molecule has 4 rings (SSSR count). The molecule has 1 aromatic heterocycles. The van der Waals surface area contributed by atoms with Crippen molar-refractivity contribution in [1.29, 1.82) is 0 Å². The molecular weight excluding hydrogens is 396 g/mol. The predicted molar refractivity (Wildman–Crippen MR) is 117 cm³/mol. The van der Waals surface area contributed by atoms with Crippen molar-refractivity contribution in [3.8, 4) is 0 Å². The molecule has 1 N–H and O–H groups in total. The quantitative estimate of drug-likeness (QED) is 0.465. The van der Waals surface area contributed by atoms with Gasteiger partial charge in [0.2, 0.25) is 0 Å². The zero-order valence-corrected chi connectivity index (χ0v) is 17.0. The van der Waals surface area contributed by atoms with Crippen LogP contribution in [0.2, 0.25) is 0 Å². The van der Waals surface area contributed by atoms with Crippen molar-refractivity contribution >= 4 is 17.3 Å². The number of para-hydroxylation sites is 1. The average Bonchev–Trinajstić information content (AvgIpc) is 3.35. The molecule has 0 radical (unpaired) electrons. The van der Waals surface area contributed by atoms with Gasteiger partial charge in [0.15, 0.2) is 0 Å². The minimum atomic E-state index is -0.482. The lowest BCUT2D eigenvalue weighted by atomic mass is 10.1. The number of piperazine rings is 1. The van der Waals surface area contributed by atoms with Gasteiger partial charge in [-0.1, -0.05) is 18.2 Å². The third kappa shape index (κ3) is 4.92. The molecule has 1 amide bonds. The second-order valence-electron chi connectivity index (χ2n) is 7.40. The number of amides is 1. The maximum absolute atomic E-state index is 12.6. The van der Waals surface area contributed by atoms with Crippen LogP contribution in [0.3, 0.4) is 0 Å². The van der Waals surface area contributed by atoms with Crippen molar-refractivity contribution in [2.45, 2.75) is 6.04 Å². The van der Waals surface area contributed by atoms with Crippen molar-refractivity contribution in [3.05, 3.63) is 94.4 Å². The fraction of sp³-hybridized carbons (Fsp3) is 0.261. The standard InChI is InChI=1S/C23H24N4O4/c28-23(18-8-10-20(11-9-18)27(29)30)24-17-21(22-7-4-16-31-22)26-14-12-25(13-15-26)19-5-2-1-3-6-19/h1-11,16,21H,12-15,17H2,(H,24,28). The molecule has 2 aromatic carbocycles. The second-order valence-corrected chi connectivity index (χ2v) is 7.40. The number of carbonyl (C=O) groups is 1. The minimum Gasteiger partial charge on any atom is -0.468 e. The summed E-state index contributed by atoms with van der Waals surface area (Å²) in [5, 5.41) is 13.8. The first kappa shape index (κ1) is 20.6. The Bertz CT molecular complexity index is 998. The van der Waals surface area contributed by atoms with Gasteiger partial charge in [-0.05, 0) is 36.4 Å². The third-order valence-corrected chi connectivity index (χ3v) is 5.54. The highest BCUT2D eigenvalue weighted by Crippen LogP contribution is 2.24. The number of nitro benzene ring substituents is 1. The van der Waals surface area contributed by atoms with Gasteiger partial charge in [0.1, 0.15) is 5.76 Å². The number of hydrogen-bond donors (Lipinski definition) is 1. The van der Waals surface area contributed by atoms with Gasteiger partial charge in [-0.3, -0.25) is 19.8 Å². The van der Waals surface area contributed by atoms with Crippen LogP contribution in [0.15, 0.2) is 77.4 Å². The molecule has 160 valence electrons. The van der Waals surface area contributed by atoms with Crippen LogP contribution in [0.4, 0.5) is 11.4 Å². The van der Waals surface area contributed by atoms with Gasteiger partial charge < -0.3 is 14.6 Å². The van der Waals surface area contributed by atoms with E-state index >= 15 is 0 Å². The molecular formula is C23H24N4O4. The number of furan rings is 1. The van der Waals surface area contributed by atoms with E-state index in [0.29, 0.717) is 12.1 Å². The average molecular weight is 420 g/mol. The smallest absolute Gasteiger partial charge is 0.269 e. The van der Waals surface area contributed by atoms with E-state index in [0.717, 1.165) is 31.9 Å². The van der Waals surface area contributed by atoms with Crippen LogP contribution in [0, 0.1) is 10.1 Å². The summed E-state index contributed by atoms with van der Waals surface area (Å²) < 4.78 is 5.66. The Kier molecular flexibility index (Phi) is 6.28. The van der Waals surface area contributed by atoms with Crippen LogP contribution in [-0.2, 0) is 0 Å². The van der Waals surface area contributed by atoms with Crippen LogP contribution in [0.1, 0.15) is 22.2 Å². The highest BCUT2D eigenvalue weighted by molar-refractivity contribution is 5.94. The molecule has 1 unspecified atom stereocenters. The SMILES string of the molecule is O=C(NCC(c1ccco1)N1CCN(c2ccccc2)CC1)c1ccc([N+](=O)[O-])cc1. The molecule has 1 atom stereocenters. The predicted octanol–water partition coefficient (Wildman–Crippen LogP) is 3.48. The summed E-state index contributed by atoms with van der Waals surface area (Å²) in [6.45, 7) is 3.84. The summed E-state index contributed by atoms with van der Waals surface area (Å²) in [5.74, 6) is 0.534. The molecule has 1 aliphatic heterocycles. The zero-order valence-electron chi connectivity index (χ0n) is 17.0. The summed E-state index contributed by atoms with van der Waals surface area (Å²) in [5.41, 5.74) is 1.56. The molecule has 0 saturated carbocycles. The lowest BCUT2D eigenvalue weighted by Gasteiger charge is -2.39. The van der Waals surface area contributed by atoms with E-state index in [4.69, 9.17) is 4.42 Å². The topological polar surface area (TPSA) is 91.9 Å². The summed E-state index contributed by atoms with van der Waals surface area (Å²) in [6, 6.07) is 19.6. The van der Waals surface area contributed by atoms with Gasteiger partial charge in [-0.15, -0.1) is 0 Å². The van der Waals surface area contributed by atoms with Crippen molar-refractivity contribution < 1.29 is 14.1 Å². The summed E-state index contributed by atoms with van der Waals surface area (Å²) in [6.07, 6.45) is 1.64. The van der Waals surface area contributed by atoms with Crippen molar-refractivity contribution in [3.63, 3.8) is 0 Å². The van der Waals surface area contributed by atoms with Crippen LogP contribution in [-0.4, -0.2) is 48.5 Å². The lowest BCUT2D eigenvalue weighted by molar-refractivity contribution is -0.384. The minimum absolute atomic E-state index is 0.0405. The number of carbonyl (C=O) groups excluding carboxylic acids is 1. The number of nitro groups is 1. The molecule has 0 aliphatic carbocycles. The van der Waals surface area contributed by atoms with E-state index < -0.39 is 4.92 Å². The van der Waals surface area contributed by atoms with E-state index in [1.54, 1.807) is 6.26 Å². The summed E-state index contributed by atoms with van der Waals surface area (Å²) in [4.78, 5) is 27.6. The van der Waals surface area contributed by atoms with E-state index in [1.807, 2.05) is 30.3 Å². The highest BCUT2D eigenvalue weighted by Gasteiger charge is 2.27. The van der Waals surface area contributed by atoms with Gasteiger partial charge in [-0.2, -0.15) is 0 Å². The fourth-order valence-corrected chi connectivity index (χ4v) is 3.85. The first-order chi connectivity index (χ1) is 15.1. The molecule has 8 nitrogen and oxygen atoms in total. The lowest BCUT2D eigenvalue weighted by Crippen LogP contribution is -2.49. The van der Waals surface area contributed by atoms with Crippen LogP contribution < -0.4 is 10.2 Å². The molecule has 31 heavy (non-hydrogen) atoms. The molecule has 1 fully saturated rings. The Morgan fingerprint density at radius 3 is 2.32 bits per heavy atom. The van der Waals surface area contributed by atoms with Crippen molar-refractivity contribution in [1.82, 2.24) is 10.2 Å². The molecule has 1 aliphatic rings. The van der Waals surface area contributed by atoms with Crippen molar-refractivity contribution in [2.24, 2.45) is 0 Å². The number of benzene rings is 2. The van der Waals surface area contributed by atoms with Gasteiger partial charge in [0.05, 0.1) is 17.2 Å². The Balaban J connectivity index is 1.40. The first-order valence-electron chi connectivity index (χ1n) is 10.2. The summed E-state index contributed by atoms with van der Waals surface area (Å²) in [7, 11) is 0. The maximum atomic E-state index is 12.6. The van der Waals surface area contributed by atoms with Gasteiger partial charge >= 0.3 is 0 Å². The number of anilines is 1. The molecule has 2 heterocycles.